The van der Waals surface area contributed by atoms with Crippen molar-refractivity contribution in [1.29, 1.82) is 0 Å². The Morgan fingerprint density at radius 3 is 2.56 bits per heavy atom. The Morgan fingerprint density at radius 2 is 1.88 bits per heavy atom. The molecule has 1 heteroatoms. The van der Waals surface area contributed by atoms with Crippen LogP contribution in [0.1, 0.15) is 30.9 Å². The minimum absolute atomic E-state index is 0.560. The number of aromatic nitrogens is 1. The van der Waals surface area contributed by atoms with Gasteiger partial charge in [0.25, 0.3) is 0 Å². The van der Waals surface area contributed by atoms with Crippen molar-refractivity contribution in [2.45, 2.75) is 26.7 Å². The van der Waals surface area contributed by atoms with Gasteiger partial charge in [0.05, 0.1) is 5.69 Å². The minimum atomic E-state index is 0.560. The normalized spacial score (nSPS) is 10.8. The van der Waals surface area contributed by atoms with E-state index in [4.69, 9.17) is 0 Å². The molecule has 0 unspecified atom stereocenters. The number of hydrogen-bond donors (Lipinski definition) is 0. The zero-order chi connectivity index (χ0) is 11.5. The molecule has 0 saturated heterocycles. The maximum absolute atomic E-state index is 4.41. The molecule has 0 aliphatic heterocycles. The lowest BCUT2D eigenvalue weighted by Gasteiger charge is -2.08. The zero-order valence-corrected chi connectivity index (χ0v) is 10.1. The topological polar surface area (TPSA) is 12.9 Å². The Labute approximate surface area is 97.2 Å². The summed E-state index contributed by atoms with van der Waals surface area (Å²) in [7, 11) is 0. The molecule has 0 saturated carbocycles. The first kappa shape index (κ1) is 10.9. The summed E-state index contributed by atoms with van der Waals surface area (Å²) in [5, 5.41) is 0. The Balaban J connectivity index is 2.44. The first-order chi connectivity index (χ1) is 7.66. The second-order valence-corrected chi connectivity index (χ2v) is 4.50. The van der Waals surface area contributed by atoms with Crippen molar-refractivity contribution in [3.8, 4) is 11.3 Å². The minimum Gasteiger partial charge on any atom is -0.256 e. The van der Waals surface area contributed by atoms with Crippen LogP contribution >= 0.6 is 0 Å². The third-order valence-electron chi connectivity index (χ3n) is 2.76. The third kappa shape index (κ3) is 2.30. The highest BCUT2D eigenvalue weighted by molar-refractivity contribution is 5.60. The quantitative estimate of drug-likeness (QED) is 0.726. The maximum atomic E-state index is 4.41. The van der Waals surface area contributed by atoms with Crippen LogP contribution in [0.4, 0.5) is 0 Å². The summed E-state index contributed by atoms with van der Waals surface area (Å²) in [6.07, 6.45) is 1.87. The summed E-state index contributed by atoms with van der Waals surface area (Å²) in [6, 6.07) is 12.8. The van der Waals surface area contributed by atoms with Gasteiger partial charge in [0, 0.05) is 11.8 Å². The molecule has 0 spiro atoms. The Bertz CT molecular complexity index is 486. The summed E-state index contributed by atoms with van der Waals surface area (Å²) >= 11 is 0. The molecule has 1 nitrogen and oxygen atoms in total. The molecule has 0 bridgehead atoms. The average Bonchev–Trinajstić information content (AvgIpc) is 2.29. The van der Waals surface area contributed by atoms with E-state index < -0.39 is 0 Å². The largest absolute Gasteiger partial charge is 0.256 e. The average molecular weight is 211 g/mol. The SMILES string of the molecule is Cc1ccnc(-c2cccc(C(C)C)c2)c1. The van der Waals surface area contributed by atoms with E-state index in [2.05, 4.69) is 56.1 Å². The number of aryl methyl sites for hydroxylation is 1. The predicted octanol–water partition coefficient (Wildman–Crippen LogP) is 4.18. The van der Waals surface area contributed by atoms with E-state index in [9.17, 15) is 0 Å². The fraction of sp³-hybridized carbons (Fsp3) is 0.267. The zero-order valence-electron chi connectivity index (χ0n) is 10.1. The van der Waals surface area contributed by atoms with Crippen LogP contribution in [0, 0.1) is 6.92 Å². The first-order valence-electron chi connectivity index (χ1n) is 5.70. The molecule has 0 aliphatic carbocycles. The molecule has 0 amide bonds. The lowest BCUT2D eigenvalue weighted by molar-refractivity contribution is 0.867. The van der Waals surface area contributed by atoms with Crippen molar-refractivity contribution in [2.24, 2.45) is 0 Å². The lowest BCUT2D eigenvalue weighted by Crippen LogP contribution is -1.89. The van der Waals surface area contributed by atoms with Gasteiger partial charge in [-0.25, -0.2) is 0 Å². The van der Waals surface area contributed by atoms with Crippen molar-refractivity contribution in [2.75, 3.05) is 0 Å². The summed E-state index contributed by atoms with van der Waals surface area (Å²) in [5.41, 5.74) is 4.87. The van der Waals surface area contributed by atoms with Gasteiger partial charge in [-0.2, -0.15) is 0 Å². The Morgan fingerprint density at radius 1 is 1.06 bits per heavy atom. The van der Waals surface area contributed by atoms with Crippen LogP contribution < -0.4 is 0 Å². The maximum Gasteiger partial charge on any atom is 0.0704 e. The number of pyridine rings is 1. The molecule has 0 fully saturated rings. The molecule has 2 aromatic rings. The van der Waals surface area contributed by atoms with Crippen molar-refractivity contribution in [3.63, 3.8) is 0 Å². The molecule has 82 valence electrons. The van der Waals surface area contributed by atoms with Crippen LogP contribution in [-0.4, -0.2) is 4.98 Å². The van der Waals surface area contributed by atoms with Gasteiger partial charge in [0.15, 0.2) is 0 Å². The number of nitrogens with zero attached hydrogens (tertiary/aromatic N) is 1. The number of hydrogen-bond acceptors (Lipinski definition) is 1. The number of benzene rings is 1. The second-order valence-electron chi connectivity index (χ2n) is 4.50. The van der Waals surface area contributed by atoms with Crippen LogP contribution in [-0.2, 0) is 0 Å². The fourth-order valence-electron chi connectivity index (χ4n) is 1.75. The lowest BCUT2D eigenvalue weighted by atomic mass is 9.99. The molecular formula is C15H17N. The summed E-state index contributed by atoms with van der Waals surface area (Å²) in [6.45, 7) is 6.52. The standard InChI is InChI=1S/C15H17N/c1-11(2)13-5-4-6-14(10-13)15-9-12(3)7-8-16-15/h4-11H,1-3H3. The highest BCUT2D eigenvalue weighted by Crippen LogP contribution is 2.22. The summed E-state index contributed by atoms with van der Waals surface area (Å²) < 4.78 is 0. The molecule has 1 heterocycles. The molecule has 2 rings (SSSR count). The molecule has 0 atom stereocenters. The molecule has 0 radical (unpaired) electrons. The molecular weight excluding hydrogens is 194 g/mol. The van der Waals surface area contributed by atoms with E-state index in [-0.39, 0.29) is 0 Å². The molecule has 0 N–H and O–H groups in total. The summed E-state index contributed by atoms with van der Waals surface area (Å²) in [4.78, 5) is 4.41. The van der Waals surface area contributed by atoms with Gasteiger partial charge in [-0.3, -0.25) is 4.98 Å². The monoisotopic (exact) mass is 211 g/mol. The van der Waals surface area contributed by atoms with Crippen molar-refractivity contribution >= 4 is 0 Å². The van der Waals surface area contributed by atoms with Gasteiger partial charge in [-0.15, -0.1) is 0 Å². The van der Waals surface area contributed by atoms with E-state index in [0.29, 0.717) is 5.92 Å². The smallest absolute Gasteiger partial charge is 0.0704 e. The molecule has 1 aromatic carbocycles. The Hall–Kier alpha value is -1.63. The van der Waals surface area contributed by atoms with Crippen LogP contribution in [0.2, 0.25) is 0 Å². The highest BCUT2D eigenvalue weighted by atomic mass is 14.7. The van der Waals surface area contributed by atoms with Gasteiger partial charge >= 0.3 is 0 Å². The van der Waals surface area contributed by atoms with Gasteiger partial charge in [-0.1, -0.05) is 32.0 Å². The van der Waals surface area contributed by atoms with Crippen molar-refractivity contribution in [1.82, 2.24) is 4.98 Å². The fourth-order valence-corrected chi connectivity index (χ4v) is 1.75. The predicted molar refractivity (Wildman–Crippen MR) is 68.5 cm³/mol. The molecule has 0 aliphatic rings. The van der Waals surface area contributed by atoms with Gasteiger partial charge < -0.3 is 0 Å². The van der Waals surface area contributed by atoms with E-state index in [1.165, 1.54) is 16.7 Å². The summed E-state index contributed by atoms with van der Waals surface area (Å²) in [5.74, 6) is 0.560. The first-order valence-corrected chi connectivity index (χ1v) is 5.70. The van der Waals surface area contributed by atoms with Crippen LogP contribution in [0.25, 0.3) is 11.3 Å². The van der Waals surface area contributed by atoms with Crippen molar-refractivity contribution in [3.05, 3.63) is 53.7 Å². The van der Waals surface area contributed by atoms with Crippen molar-refractivity contribution < 1.29 is 0 Å². The van der Waals surface area contributed by atoms with Gasteiger partial charge in [0.2, 0.25) is 0 Å². The van der Waals surface area contributed by atoms with E-state index >= 15 is 0 Å². The van der Waals surface area contributed by atoms with Crippen LogP contribution in [0.3, 0.4) is 0 Å². The van der Waals surface area contributed by atoms with Gasteiger partial charge in [0.1, 0.15) is 0 Å². The highest BCUT2D eigenvalue weighted by Gasteiger charge is 2.03. The molecule has 16 heavy (non-hydrogen) atoms. The van der Waals surface area contributed by atoms with E-state index in [0.717, 1.165) is 5.69 Å². The van der Waals surface area contributed by atoms with Crippen LogP contribution in [0.15, 0.2) is 42.6 Å². The van der Waals surface area contributed by atoms with Crippen LogP contribution in [0.5, 0.6) is 0 Å². The Kier molecular flexibility index (Phi) is 3.04. The van der Waals surface area contributed by atoms with E-state index in [1.807, 2.05) is 12.3 Å². The second kappa shape index (κ2) is 4.48. The molecule has 1 aromatic heterocycles. The number of rotatable bonds is 2. The van der Waals surface area contributed by atoms with Gasteiger partial charge in [-0.05, 0) is 42.2 Å². The van der Waals surface area contributed by atoms with E-state index in [1.54, 1.807) is 0 Å². The third-order valence-corrected chi connectivity index (χ3v) is 2.76.